The van der Waals surface area contributed by atoms with Gasteiger partial charge in [-0.1, -0.05) is 42.5 Å². The number of aliphatic hydroxyl groups excluding tert-OH is 1. The number of benzene rings is 3. The van der Waals surface area contributed by atoms with Gasteiger partial charge in [0.05, 0.1) is 11.0 Å². The van der Waals surface area contributed by atoms with Crippen molar-refractivity contribution in [2.24, 2.45) is 0 Å². The predicted octanol–water partition coefficient (Wildman–Crippen LogP) is 4.78. The lowest BCUT2D eigenvalue weighted by molar-refractivity contribution is 0.287. The number of hydrogen-bond donors (Lipinski definition) is 1. The number of aliphatic hydroxyl groups is 1. The molecular weight excluding hydrogens is 320 g/mol. The highest BCUT2D eigenvalue weighted by Crippen LogP contribution is 2.25. The zero-order valence-corrected chi connectivity index (χ0v) is 15.4. The maximum atomic E-state index is 9.28. The fourth-order valence-corrected chi connectivity index (χ4v) is 3.64. The van der Waals surface area contributed by atoms with Gasteiger partial charge < -0.3 is 9.67 Å². The molecule has 0 aliphatic carbocycles. The van der Waals surface area contributed by atoms with Gasteiger partial charge in [0, 0.05) is 19.6 Å². The van der Waals surface area contributed by atoms with Gasteiger partial charge in [0.25, 0.3) is 0 Å². The summed E-state index contributed by atoms with van der Waals surface area (Å²) in [7, 11) is 0. The van der Waals surface area contributed by atoms with Crippen molar-refractivity contribution in [3.8, 4) is 0 Å². The third kappa shape index (κ3) is 2.99. The molecule has 0 atom stereocenters. The zero-order chi connectivity index (χ0) is 18.1. The van der Waals surface area contributed by atoms with Crippen LogP contribution < -0.4 is 0 Å². The Morgan fingerprint density at radius 1 is 0.962 bits per heavy atom. The Morgan fingerprint density at radius 2 is 1.73 bits per heavy atom. The zero-order valence-electron chi connectivity index (χ0n) is 15.4. The maximum absolute atomic E-state index is 9.28. The first-order valence-electron chi connectivity index (χ1n) is 9.21. The third-order valence-corrected chi connectivity index (χ3v) is 5.21. The van der Waals surface area contributed by atoms with Crippen molar-refractivity contribution in [1.82, 2.24) is 9.55 Å². The van der Waals surface area contributed by atoms with Crippen molar-refractivity contribution in [3.05, 3.63) is 77.1 Å². The molecule has 0 aliphatic heterocycles. The predicted molar refractivity (Wildman–Crippen MR) is 108 cm³/mol. The average molecular weight is 344 g/mol. The van der Waals surface area contributed by atoms with Crippen LogP contribution in [0.4, 0.5) is 0 Å². The van der Waals surface area contributed by atoms with Crippen molar-refractivity contribution in [2.45, 2.75) is 33.2 Å². The standard InChI is InChI=1S/C23H24N2O/c1-16-13-21-22(14-17(16)2)25(23(24-21)11-6-12-26)15-19-9-5-8-18-7-3-4-10-20(18)19/h3-5,7-10,13-14,26H,6,11-12,15H2,1-2H3. The van der Waals surface area contributed by atoms with E-state index in [1.165, 1.54) is 33.0 Å². The molecule has 3 heteroatoms. The molecule has 0 amide bonds. The molecule has 3 nitrogen and oxygen atoms in total. The van der Waals surface area contributed by atoms with Crippen LogP contribution in [0.5, 0.6) is 0 Å². The van der Waals surface area contributed by atoms with Crippen LogP contribution in [-0.4, -0.2) is 21.3 Å². The number of imidazole rings is 1. The van der Waals surface area contributed by atoms with Crippen molar-refractivity contribution in [1.29, 1.82) is 0 Å². The van der Waals surface area contributed by atoms with Crippen LogP contribution in [0, 0.1) is 13.8 Å². The molecule has 0 unspecified atom stereocenters. The molecular formula is C23H24N2O. The van der Waals surface area contributed by atoms with Crippen molar-refractivity contribution >= 4 is 21.8 Å². The minimum atomic E-state index is 0.190. The molecule has 0 saturated carbocycles. The second-order valence-corrected chi connectivity index (χ2v) is 7.00. The summed E-state index contributed by atoms with van der Waals surface area (Å²) < 4.78 is 2.32. The van der Waals surface area contributed by atoms with Crippen LogP contribution in [-0.2, 0) is 13.0 Å². The molecule has 1 N–H and O–H groups in total. The van der Waals surface area contributed by atoms with E-state index >= 15 is 0 Å². The summed E-state index contributed by atoms with van der Waals surface area (Å²) in [5.41, 5.74) is 6.06. The fourth-order valence-electron chi connectivity index (χ4n) is 3.64. The second-order valence-electron chi connectivity index (χ2n) is 7.00. The lowest BCUT2D eigenvalue weighted by Gasteiger charge is -2.12. The summed E-state index contributed by atoms with van der Waals surface area (Å²) in [5, 5.41) is 11.8. The molecule has 1 heterocycles. The van der Waals surface area contributed by atoms with Gasteiger partial charge in [0.15, 0.2) is 0 Å². The van der Waals surface area contributed by atoms with Crippen LogP contribution >= 0.6 is 0 Å². The Bertz CT molecular complexity index is 1070. The van der Waals surface area contributed by atoms with E-state index in [1.54, 1.807) is 0 Å². The average Bonchev–Trinajstić information content (AvgIpc) is 2.97. The molecule has 1 aromatic heterocycles. The number of aryl methyl sites for hydroxylation is 3. The third-order valence-electron chi connectivity index (χ3n) is 5.21. The first kappa shape index (κ1) is 16.8. The fraction of sp³-hybridized carbons (Fsp3) is 0.261. The van der Waals surface area contributed by atoms with Gasteiger partial charge in [0.2, 0.25) is 0 Å². The SMILES string of the molecule is Cc1cc2nc(CCCO)n(Cc3cccc4ccccc34)c2cc1C. The molecule has 0 fully saturated rings. The van der Waals surface area contributed by atoms with Crippen LogP contribution in [0.15, 0.2) is 54.6 Å². The Kier molecular flexibility index (Phi) is 4.48. The van der Waals surface area contributed by atoms with Crippen molar-refractivity contribution in [2.75, 3.05) is 6.61 Å². The molecule has 0 radical (unpaired) electrons. The molecule has 26 heavy (non-hydrogen) atoms. The van der Waals surface area contributed by atoms with E-state index in [4.69, 9.17) is 4.98 Å². The monoisotopic (exact) mass is 344 g/mol. The normalized spacial score (nSPS) is 11.5. The second kappa shape index (κ2) is 6.93. The lowest BCUT2D eigenvalue weighted by atomic mass is 10.0. The minimum absolute atomic E-state index is 0.190. The lowest BCUT2D eigenvalue weighted by Crippen LogP contribution is -2.06. The van der Waals surface area contributed by atoms with Gasteiger partial charge in [0.1, 0.15) is 5.82 Å². The van der Waals surface area contributed by atoms with Gasteiger partial charge in [-0.15, -0.1) is 0 Å². The number of hydrogen-bond acceptors (Lipinski definition) is 2. The summed E-state index contributed by atoms with van der Waals surface area (Å²) in [6, 6.07) is 19.4. The maximum Gasteiger partial charge on any atom is 0.110 e. The first-order chi connectivity index (χ1) is 12.7. The molecule has 0 saturated heterocycles. The van der Waals surface area contributed by atoms with Gasteiger partial charge >= 0.3 is 0 Å². The Morgan fingerprint density at radius 3 is 2.58 bits per heavy atom. The van der Waals surface area contributed by atoms with E-state index < -0.39 is 0 Å². The summed E-state index contributed by atoms with van der Waals surface area (Å²) in [6.07, 6.45) is 1.52. The smallest absolute Gasteiger partial charge is 0.110 e. The van der Waals surface area contributed by atoms with Crippen LogP contribution in [0.25, 0.3) is 21.8 Å². The van der Waals surface area contributed by atoms with Gasteiger partial charge in [-0.2, -0.15) is 0 Å². The number of fused-ring (bicyclic) bond motifs is 2. The van der Waals surface area contributed by atoms with E-state index in [0.29, 0.717) is 0 Å². The molecule has 132 valence electrons. The molecule has 4 aromatic rings. The van der Waals surface area contributed by atoms with Gasteiger partial charge in [-0.05, 0) is 59.9 Å². The highest BCUT2D eigenvalue weighted by Gasteiger charge is 2.13. The van der Waals surface area contributed by atoms with Crippen molar-refractivity contribution < 1.29 is 5.11 Å². The Balaban J connectivity index is 1.87. The van der Waals surface area contributed by atoms with Crippen molar-refractivity contribution in [3.63, 3.8) is 0 Å². The highest BCUT2D eigenvalue weighted by molar-refractivity contribution is 5.86. The van der Waals surface area contributed by atoms with Crippen LogP contribution in [0.2, 0.25) is 0 Å². The largest absolute Gasteiger partial charge is 0.396 e. The topological polar surface area (TPSA) is 38.1 Å². The number of rotatable bonds is 5. The summed E-state index contributed by atoms with van der Waals surface area (Å²) >= 11 is 0. The summed E-state index contributed by atoms with van der Waals surface area (Å²) in [6.45, 7) is 5.26. The molecule has 0 aliphatic rings. The van der Waals surface area contributed by atoms with E-state index in [0.717, 1.165) is 30.7 Å². The van der Waals surface area contributed by atoms with Gasteiger partial charge in [-0.25, -0.2) is 4.98 Å². The van der Waals surface area contributed by atoms with E-state index in [1.807, 2.05) is 0 Å². The molecule has 0 spiro atoms. The Labute approximate surface area is 153 Å². The summed E-state index contributed by atoms with van der Waals surface area (Å²) in [4.78, 5) is 4.88. The van der Waals surface area contributed by atoms with Crippen LogP contribution in [0.3, 0.4) is 0 Å². The molecule has 0 bridgehead atoms. The summed E-state index contributed by atoms with van der Waals surface area (Å²) in [5.74, 6) is 1.05. The van der Waals surface area contributed by atoms with E-state index in [9.17, 15) is 5.11 Å². The van der Waals surface area contributed by atoms with E-state index in [-0.39, 0.29) is 6.61 Å². The minimum Gasteiger partial charge on any atom is -0.396 e. The molecule has 4 rings (SSSR count). The van der Waals surface area contributed by atoms with Gasteiger partial charge in [-0.3, -0.25) is 0 Å². The Hall–Kier alpha value is -2.65. The number of nitrogens with zero attached hydrogens (tertiary/aromatic N) is 2. The quantitative estimate of drug-likeness (QED) is 0.566. The number of aromatic nitrogens is 2. The molecule has 3 aromatic carbocycles. The van der Waals surface area contributed by atoms with E-state index in [2.05, 4.69) is 73.0 Å². The highest BCUT2D eigenvalue weighted by atomic mass is 16.2. The first-order valence-corrected chi connectivity index (χ1v) is 9.21. The van der Waals surface area contributed by atoms with Crippen LogP contribution in [0.1, 0.15) is 28.9 Å².